The van der Waals surface area contributed by atoms with Crippen LogP contribution in [0.2, 0.25) is 5.02 Å². The molecule has 0 radical (unpaired) electrons. The molecule has 20 heavy (non-hydrogen) atoms. The maximum atomic E-state index is 11.5. The highest BCUT2D eigenvalue weighted by molar-refractivity contribution is 6.30. The van der Waals surface area contributed by atoms with Crippen molar-refractivity contribution < 1.29 is 14.6 Å². The Bertz CT molecular complexity index is 598. The zero-order valence-electron chi connectivity index (χ0n) is 10.8. The second-order valence-corrected chi connectivity index (χ2v) is 4.60. The van der Waals surface area contributed by atoms with Crippen LogP contribution in [0.15, 0.2) is 48.5 Å². The van der Waals surface area contributed by atoms with Gasteiger partial charge in [-0.25, -0.2) is 4.79 Å². The summed E-state index contributed by atoms with van der Waals surface area (Å²) in [5, 5.41) is 12.9. The third-order valence-electron chi connectivity index (χ3n) is 2.86. The minimum Gasteiger partial charge on any atom is -0.495 e. The van der Waals surface area contributed by atoms with E-state index in [1.54, 1.807) is 43.5 Å². The number of methoxy groups -OCH3 is 1. The van der Waals surface area contributed by atoms with Gasteiger partial charge < -0.3 is 15.2 Å². The number of rotatable bonds is 5. The zero-order chi connectivity index (χ0) is 14.5. The SMILES string of the molecule is COc1ccccc1N[C@@H](C(=O)O)c1ccc(Cl)cc1. The van der Waals surface area contributed by atoms with Gasteiger partial charge in [0.2, 0.25) is 0 Å². The van der Waals surface area contributed by atoms with Crippen LogP contribution in [-0.4, -0.2) is 18.2 Å². The Labute approximate surface area is 122 Å². The van der Waals surface area contributed by atoms with E-state index >= 15 is 0 Å². The Hall–Kier alpha value is -2.20. The number of nitrogens with one attached hydrogen (secondary N) is 1. The Morgan fingerprint density at radius 1 is 1.20 bits per heavy atom. The molecular weight excluding hydrogens is 278 g/mol. The summed E-state index contributed by atoms with van der Waals surface area (Å²) in [6, 6.07) is 13.0. The lowest BCUT2D eigenvalue weighted by Crippen LogP contribution is -2.20. The molecule has 0 fully saturated rings. The Kier molecular flexibility index (Phi) is 4.48. The normalized spacial score (nSPS) is 11.7. The van der Waals surface area contributed by atoms with E-state index in [1.165, 1.54) is 0 Å². The van der Waals surface area contributed by atoms with Gasteiger partial charge in [-0.1, -0.05) is 35.9 Å². The van der Waals surface area contributed by atoms with E-state index in [-0.39, 0.29) is 0 Å². The summed E-state index contributed by atoms with van der Waals surface area (Å²) in [4.78, 5) is 11.5. The van der Waals surface area contributed by atoms with Crippen LogP contribution >= 0.6 is 11.6 Å². The summed E-state index contributed by atoms with van der Waals surface area (Å²) in [7, 11) is 1.54. The molecule has 5 heteroatoms. The van der Waals surface area contributed by atoms with Crippen molar-refractivity contribution in [2.45, 2.75) is 6.04 Å². The fourth-order valence-electron chi connectivity index (χ4n) is 1.86. The van der Waals surface area contributed by atoms with Gasteiger partial charge in [0, 0.05) is 5.02 Å². The summed E-state index contributed by atoms with van der Waals surface area (Å²) in [5.74, 6) is -0.383. The maximum Gasteiger partial charge on any atom is 0.330 e. The highest BCUT2D eigenvalue weighted by Gasteiger charge is 2.20. The molecule has 0 aliphatic carbocycles. The number of ether oxygens (including phenoxy) is 1. The molecule has 0 amide bonds. The Balaban J connectivity index is 2.30. The van der Waals surface area contributed by atoms with Gasteiger partial charge in [0.25, 0.3) is 0 Å². The van der Waals surface area contributed by atoms with Crippen LogP contribution in [0.4, 0.5) is 5.69 Å². The molecule has 0 saturated carbocycles. The van der Waals surface area contributed by atoms with Crippen molar-refractivity contribution in [1.29, 1.82) is 0 Å². The number of hydrogen-bond acceptors (Lipinski definition) is 3. The molecule has 0 unspecified atom stereocenters. The largest absolute Gasteiger partial charge is 0.495 e. The lowest BCUT2D eigenvalue weighted by Gasteiger charge is -2.18. The maximum absolute atomic E-state index is 11.5. The number of hydrogen-bond donors (Lipinski definition) is 2. The fourth-order valence-corrected chi connectivity index (χ4v) is 1.99. The first kappa shape index (κ1) is 14.2. The van der Waals surface area contributed by atoms with E-state index < -0.39 is 12.0 Å². The third kappa shape index (κ3) is 3.22. The lowest BCUT2D eigenvalue weighted by molar-refractivity contribution is -0.138. The standard InChI is InChI=1S/C15H14ClNO3/c1-20-13-5-3-2-4-12(13)17-14(15(18)19)10-6-8-11(16)9-7-10/h2-9,14,17H,1H3,(H,18,19)/t14-/m1/s1. The number of benzene rings is 2. The van der Waals surface area contributed by atoms with E-state index in [4.69, 9.17) is 16.3 Å². The number of para-hydroxylation sites is 2. The van der Waals surface area contributed by atoms with Gasteiger partial charge in [0.05, 0.1) is 12.8 Å². The second kappa shape index (κ2) is 6.30. The predicted molar refractivity (Wildman–Crippen MR) is 78.4 cm³/mol. The highest BCUT2D eigenvalue weighted by Crippen LogP contribution is 2.28. The van der Waals surface area contributed by atoms with Crippen molar-refractivity contribution in [2.75, 3.05) is 12.4 Å². The van der Waals surface area contributed by atoms with Gasteiger partial charge in [-0.3, -0.25) is 0 Å². The van der Waals surface area contributed by atoms with Crippen LogP contribution in [0.25, 0.3) is 0 Å². The van der Waals surface area contributed by atoms with E-state index in [1.807, 2.05) is 12.1 Å². The molecule has 104 valence electrons. The summed E-state index contributed by atoms with van der Waals surface area (Å²) in [5.41, 5.74) is 1.24. The monoisotopic (exact) mass is 291 g/mol. The second-order valence-electron chi connectivity index (χ2n) is 4.17. The number of carbonyl (C=O) groups is 1. The molecule has 2 aromatic rings. The number of carboxylic acid groups (broad SMARTS) is 1. The lowest BCUT2D eigenvalue weighted by atomic mass is 10.1. The van der Waals surface area contributed by atoms with Crippen molar-refractivity contribution in [3.05, 3.63) is 59.1 Å². The van der Waals surface area contributed by atoms with Crippen LogP contribution in [-0.2, 0) is 4.79 Å². The molecule has 0 aromatic heterocycles. The minimum absolute atomic E-state index is 0.565. The first-order chi connectivity index (χ1) is 9.61. The third-order valence-corrected chi connectivity index (χ3v) is 3.11. The molecule has 0 bridgehead atoms. The van der Waals surface area contributed by atoms with Gasteiger partial charge >= 0.3 is 5.97 Å². The summed E-state index contributed by atoms with van der Waals surface area (Å²) in [6.07, 6.45) is 0. The van der Waals surface area contributed by atoms with Gasteiger partial charge in [-0.2, -0.15) is 0 Å². The number of carboxylic acids is 1. The molecule has 4 nitrogen and oxygen atoms in total. The van der Waals surface area contributed by atoms with Gasteiger partial charge in [-0.15, -0.1) is 0 Å². The first-order valence-corrected chi connectivity index (χ1v) is 6.37. The summed E-state index contributed by atoms with van der Waals surface area (Å²) < 4.78 is 5.20. The quantitative estimate of drug-likeness (QED) is 0.884. The molecule has 0 saturated heterocycles. The predicted octanol–water partition coefficient (Wildman–Crippen LogP) is 3.59. The van der Waals surface area contributed by atoms with Crippen LogP contribution in [0.1, 0.15) is 11.6 Å². The molecule has 2 rings (SSSR count). The van der Waals surface area contributed by atoms with E-state index in [9.17, 15) is 9.90 Å². The average molecular weight is 292 g/mol. The van der Waals surface area contributed by atoms with Gasteiger partial charge in [0.15, 0.2) is 6.04 Å². The number of anilines is 1. The van der Waals surface area contributed by atoms with Crippen molar-refractivity contribution in [1.82, 2.24) is 0 Å². The highest BCUT2D eigenvalue weighted by atomic mass is 35.5. The average Bonchev–Trinajstić information content (AvgIpc) is 2.46. The van der Waals surface area contributed by atoms with Crippen LogP contribution in [0.3, 0.4) is 0 Å². The van der Waals surface area contributed by atoms with Crippen molar-refractivity contribution in [2.24, 2.45) is 0 Å². The molecule has 0 aliphatic heterocycles. The van der Waals surface area contributed by atoms with Gasteiger partial charge in [0.1, 0.15) is 5.75 Å². The topological polar surface area (TPSA) is 58.6 Å². The molecule has 2 aromatic carbocycles. The van der Waals surface area contributed by atoms with Crippen molar-refractivity contribution in [3.63, 3.8) is 0 Å². The van der Waals surface area contributed by atoms with E-state index in [2.05, 4.69) is 5.32 Å². The van der Waals surface area contributed by atoms with Crippen LogP contribution in [0.5, 0.6) is 5.75 Å². The van der Waals surface area contributed by atoms with Crippen molar-refractivity contribution >= 4 is 23.3 Å². The smallest absolute Gasteiger partial charge is 0.330 e. The molecule has 0 heterocycles. The first-order valence-electron chi connectivity index (χ1n) is 5.99. The molecular formula is C15H14ClNO3. The number of halogens is 1. The summed E-state index contributed by atoms with van der Waals surface area (Å²) in [6.45, 7) is 0. The fraction of sp³-hybridized carbons (Fsp3) is 0.133. The number of aliphatic carboxylic acids is 1. The molecule has 0 spiro atoms. The molecule has 1 atom stereocenters. The zero-order valence-corrected chi connectivity index (χ0v) is 11.6. The van der Waals surface area contributed by atoms with Crippen LogP contribution < -0.4 is 10.1 Å². The van der Waals surface area contributed by atoms with E-state index in [0.717, 1.165) is 0 Å². The Morgan fingerprint density at radius 3 is 2.45 bits per heavy atom. The molecule has 0 aliphatic rings. The Morgan fingerprint density at radius 2 is 1.85 bits per heavy atom. The van der Waals surface area contributed by atoms with Crippen LogP contribution in [0, 0.1) is 0 Å². The van der Waals surface area contributed by atoms with Crippen molar-refractivity contribution in [3.8, 4) is 5.75 Å². The molecule has 2 N–H and O–H groups in total. The van der Waals surface area contributed by atoms with E-state index in [0.29, 0.717) is 22.0 Å². The van der Waals surface area contributed by atoms with Gasteiger partial charge in [-0.05, 0) is 29.8 Å². The summed E-state index contributed by atoms with van der Waals surface area (Å²) >= 11 is 5.82. The minimum atomic E-state index is -0.974.